The standard InChI is InChI=1S/C15H18N4/c1-2-6-11(7-3-1)14-15-12-8-4-5-9-13(12)16-10-19(15)18-17-14/h4,8,10-11H,1-3,5-7,9H2. The van der Waals surface area contributed by atoms with Crippen molar-refractivity contribution < 1.29 is 0 Å². The van der Waals surface area contributed by atoms with E-state index in [1.807, 2.05) is 10.8 Å². The molecule has 98 valence electrons. The lowest BCUT2D eigenvalue weighted by Gasteiger charge is -2.20. The molecule has 0 spiro atoms. The van der Waals surface area contributed by atoms with E-state index in [0.717, 1.165) is 12.8 Å². The highest BCUT2D eigenvalue weighted by atomic mass is 15.4. The Kier molecular flexibility index (Phi) is 2.60. The third-order valence-corrected chi connectivity index (χ3v) is 4.43. The summed E-state index contributed by atoms with van der Waals surface area (Å²) < 4.78 is 1.86. The zero-order valence-corrected chi connectivity index (χ0v) is 11.0. The summed E-state index contributed by atoms with van der Waals surface area (Å²) in [5.74, 6) is 0.591. The van der Waals surface area contributed by atoms with Crippen LogP contribution in [-0.4, -0.2) is 19.8 Å². The van der Waals surface area contributed by atoms with Crippen molar-refractivity contribution in [1.29, 1.82) is 0 Å². The second-order valence-corrected chi connectivity index (χ2v) is 5.65. The lowest BCUT2D eigenvalue weighted by atomic mass is 9.85. The molecule has 2 aromatic rings. The van der Waals surface area contributed by atoms with E-state index in [1.165, 1.54) is 54.6 Å². The first-order chi connectivity index (χ1) is 9.43. The monoisotopic (exact) mass is 254 g/mol. The molecule has 0 radical (unpaired) electrons. The summed E-state index contributed by atoms with van der Waals surface area (Å²) in [5, 5.41) is 8.74. The van der Waals surface area contributed by atoms with Crippen molar-refractivity contribution >= 4 is 11.6 Å². The molecule has 4 heteroatoms. The highest BCUT2D eigenvalue weighted by Crippen LogP contribution is 2.35. The van der Waals surface area contributed by atoms with E-state index < -0.39 is 0 Å². The number of nitrogens with zero attached hydrogens (tertiary/aromatic N) is 4. The van der Waals surface area contributed by atoms with Gasteiger partial charge in [0.25, 0.3) is 0 Å². The van der Waals surface area contributed by atoms with E-state index in [-0.39, 0.29) is 0 Å². The van der Waals surface area contributed by atoms with Crippen molar-refractivity contribution in [2.24, 2.45) is 0 Å². The second-order valence-electron chi connectivity index (χ2n) is 5.65. The molecule has 19 heavy (non-hydrogen) atoms. The van der Waals surface area contributed by atoms with Crippen LogP contribution < -0.4 is 0 Å². The van der Waals surface area contributed by atoms with E-state index in [4.69, 9.17) is 0 Å². The van der Waals surface area contributed by atoms with Gasteiger partial charge in [-0.15, -0.1) is 5.10 Å². The van der Waals surface area contributed by atoms with E-state index >= 15 is 0 Å². The van der Waals surface area contributed by atoms with E-state index in [1.54, 1.807) is 0 Å². The average Bonchev–Trinajstić information content (AvgIpc) is 2.92. The van der Waals surface area contributed by atoms with Crippen molar-refractivity contribution in [3.05, 3.63) is 29.4 Å². The normalized spacial score (nSPS) is 19.8. The van der Waals surface area contributed by atoms with Crippen molar-refractivity contribution in [2.45, 2.75) is 50.9 Å². The minimum atomic E-state index is 0.591. The molecule has 2 aromatic heterocycles. The molecule has 1 fully saturated rings. The predicted octanol–water partition coefficient (Wildman–Crippen LogP) is 3.13. The molecule has 0 aliphatic heterocycles. The summed E-state index contributed by atoms with van der Waals surface area (Å²) >= 11 is 0. The van der Waals surface area contributed by atoms with E-state index in [0.29, 0.717) is 5.92 Å². The van der Waals surface area contributed by atoms with Gasteiger partial charge in [0.2, 0.25) is 0 Å². The van der Waals surface area contributed by atoms with Gasteiger partial charge in [-0.3, -0.25) is 0 Å². The lowest BCUT2D eigenvalue weighted by Crippen LogP contribution is -2.08. The van der Waals surface area contributed by atoms with Crippen LogP contribution in [-0.2, 0) is 6.42 Å². The van der Waals surface area contributed by atoms with Crippen molar-refractivity contribution in [2.75, 3.05) is 0 Å². The summed E-state index contributed by atoms with van der Waals surface area (Å²) in [6, 6.07) is 0. The SMILES string of the molecule is C1=Cc2c(ncn3nnc(C4CCCCC4)c23)CC1. The van der Waals surface area contributed by atoms with Crippen LogP contribution in [0.4, 0.5) is 0 Å². The molecular weight excluding hydrogens is 236 g/mol. The van der Waals surface area contributed by atoms with Crippen LogP contribution in [0.2, 0.25) is 0 Å². The average molecular weight is 254 g/mol. The zero-order chi connectivity index (χ0) is 12.7. The maximum absolute atomic E-state index is 4.52. The molecule has 0 saturated heterocycles. The fourth-order valence-corrected chi connectivity index (χ4v) is 3.43. The Morgan fingerprint density at radius 2 is 2.05 bits per heavy atom. The molecule has 0 unspecified atom stereocenters. The number of hydrogen-bond acceptors (Lipinski definition) is 3. The Hall–Kier alpha value is -1.71. The smallest absolute Gasteiger partial charge is 0.119 e. The van der Waals surface area contributed by atoms with Gasteiger partial charge in [-0.05, 0) is 25.7 Å². The minimum absolute atomic E-state index is 0.591. The predicted molar refractivity (Wildman–Crippen MR) is 74.0 cm³/mol. The first kappa shape index (κ1) is 11.1. The van der Waals surface area contributed by atoms with Gasteiger partial charge in [0.05, 0.1) is 11.4 Å². The van der Waals surface area contributed by atoms with Gasteiger partial charge < -0.3 is 0 Å². The van der Waals surface area contributed by atoms with Crippen molar-refractivity contribution in [3.63, 3.8) is 0 Å². The van der Waals surface area contributed by atoms with Gasteiger partial charge in [0, 0.05) is 11.5 Å². The molecule has 0 aromatic carbocycles. The second kappa shape index (κ2) is 4.44. The quantitative estimate of drug-likeness (QED) is 0.785. The van der Waals surface area contributed by atoms with Crippen LogP contribution in [0.25, 0.3) is 11.6 Å². The number of fused-ring (bicyclic) bond motifs is 3. The fourth-order valence-electron chi connectivity index (χ4n) is 3.43. The summed E-state index contributed by atoms with van der Waals surface area (Å²) in [7, 11) is 0. The minimum Gasteiger partial charge on any atom is -0.241 e. The highest BCUT2D eigenvalue weighted by molar-refractivity contribution is 5.74. The van der Waals surface area contributed by atoms with Gasteiger partial charge >= 0.3 is 0 Å². The molecular formula is C15H18N4. The number of aryl methyl sites for hydroxylation is 1. The third kappa shape index (κ3) is 1.78. The first-order valence-corrected chi connectivity index (χ1v) is 7.33. The van der Waals surface area contributed by atoms with Gasteiger partial charge in [0.15, 0.2) is 0 Å². The third-order valence-electron chi connectivity index (χ3n) is 4.43. The van der Waals surface area contributed by atoms with Gasteiger partial charge in [0.1, 0.15) is 11.8 Å². The number of allylic oxidation sites excluding steroid dienone is 1. The number of rotatable bonds is 1. The van der Waals surface area contributed by atoms with Crippen LogP contribution in [0.15, 0.2) is 12.4 Å². The van der Waals surface area contributed by atoms with Crippen LogP contribution >= 0.6 is 0 Å². The van der Waals surface area contributed by atoms with Gasteiger partial charge in [-0.25, -0.2) is 9.50 Å². The molecule has 0 amide bonds. The Bertz CT molecular complexity index is 635. The molecule has 0 bridgehead atoms. The number of hydrogen-bond donors (Lipinski definition) is 0. The Balaban J connectivity index is 1.89. The van der Waals surface area contributed by atoms with Gasteiger partial charge in [-0.1, -0.05) is 36.6 Å². The first-order valence-electron chi connectivity index (χ1n) is 7.33. The molecule has 4 nitrogen and oxygen atoms in total. The van der Waals surface area contributed by atoms with E-state index in [9.17, 15) is 0 Å². The van der Waals surface area contributed by atoms with Crippen LogP contribution in [0.1, 0.15) is 61.4 Å². The summed E-state index contributed by atoms with van der Waals surface area (Å²) in [5.41, 5.74) is 4.85. The highest BCUT2D eigenvalue weighted by Gasteiger charge is 2.23. The van der Waals surface area contributed by atoms with Crippen molar-refractivity contribution in [3.8, 4) is 0 Å². The molecule has 0 atom stereocenters. The maximum Gasteiger partial charge on any atom is 0.119 e. The van der Waals surface area contributed by atoms with Crippen LogP contribution in [0.5, 0.6) is 0 Å². The summed E-state index contributed by atoms with van der Waals surface area (Å²) in [6.45, 7) is 0. The summed E-state index contributed by atoms with van der Waals surface area (Å²) in [6.07, 6.45) is 14.9. The fraction of sp³-hybridized carbons (Fsp3) is 0.533. The zero-order valence-electron chi connectivity index (χ0n) is 11.0. The maximum atomic E-state index is 4.52. The topological polar surface area (TPSA) is 43.1 Å². The Labute approximate surface area is 112 Å². The molecule has 0 N–H and O–H groups in total. The lowest BCUT2D eigenvalue weighted by molar-refractivity contribution is 0.438. The molecule has 2 aliphatic rings. The number of aromatic nitrogens is 4. The molecule has 2 heterocycles. The largest absolute Gasteiger partial charge is 0.241 e. The van der Waals surface area contributed by atoms with Crippen molar-refractivity contribution in [1.82, 2.24) is 19.8 Å². The molecule has 4 rings (SSSR count). The van der Waals surface area contributed by atoms with E-state index in [2.05, 4.69) is 27.4 Å². The molecule has 1 saturated carbocycles. The van der Waals surface area contributed by atoms with Gasteiger partial charge in [-0.2, -0.15) is 0 Å². The van der Waals surface area contributed by atoms with Crippen LogP contribution in [0, 0.1) is 0 Å². The molecule has 2 aliphatic carbocycles. The van der Waals surface area contributed by atoms with Crippen LogP contribution in [0.3, 0.4) is 0 Å². The Morgan fingerprint density at radius 1 is 1.16 bits per heavy atom. The Morgan fingerprint density at radius 3 is 2.95 bits per heavy atom. The summed E-state index contributed by atoms with van der Waals surface area (Å²) in [4.78, 5) is 4.52.